The molecule has 2 amide bonds. The summed E-state index contributed by atoms with van der Waals surface area (Å²) < 4.78 is 19.8. The van der Waals surface area contributed by atoms with Crippen LogP contribution in [0.2, 0.25) is 0 Å². The molecule has 0 aromatic rings. The number of halogens is 1. The van der Waals surface area contributed by atoms with Gasteiger partial charge in [0.2, 0.25) is 0 Å². The van der Waals surface area contributed by atoms with Crippen LogP contribution in [0.5, 0.6) is 0 Å². The van der Waals surface area contributed by atoms with Crippen molar-refractivity contribution in [2.75, 3.05) is 6.61 Å². The lowest BCUT2D eigenvalue weighted by Crippen LogP contribution is -2.59. The Hall–Kier alpha value is -1.35. The number of alkyl halides is 1. The summed E-state index contributed by atoms with van der Waals surface area (Å²) in [7, 11) is 0. The summed E-state index contributed by atoms with van der Waals surface area (Å²) in [5, 5.41) is 29.3. The van der Waals surface area contributed by atoms with Gasteiger partial charge >= 0.3 is 18.1 Å². The largest absolute Gasteiger partial charge is 0.432 e. The Morgan fingerprint density at radius 2 is 2.35 bits per heavy atom. The van der Waals surface area contributed by atoms with Crippen molar-refractivity contribution in [3.63, 3.8) is 0 Å². The normalized spacial score (nSPS) is 49.4. The maximum Gasteiger partial charge on any atom is 0.432 e. The number of urea groups is 1. The van der Waals surface area contributed by atoms with E-state index in [1.54, 1.807) is 0 Å². The van der Waals surface area contributed by atoms with E-state index in [4.69, 9.17) is 10.1 Å². The van der Waals surface area contributed by atoms with Crippen LogP contribution < -0.4 is 5.32 Å². The molecular formula is C12H17FN3O4+. The zero-order valence-electron chi connectivity index (χ0n) is 11.0. The van der Waals surface area contributed by atoms with Gasteiger partial charge in [0.25, 0.3) is 0 Å². The molecule has 20 heavy (non-hydrogen) atoms. The summed E-state index contributed by atoms with van der Waals surface area (Å²) in [5.74, 6) is -2.44. The topological polar surface area (TPSA) is 103 Å². The van der Waals surface area contributed by atoms with Gasteiger partial charge in [-0.3, -0.25) is 10.7 Å². The summed E-state index contributed by atoms with van der Waals surface area (Å²) in [6, 6.07) is -0.743. The van der Waals surface area contributed by atoms with Crippen LogP contribution in [0.4, 0.5) is 9.18 Å². The van der Waals surface area contributed by atoms with Gasteiger partial charge in [-0.15, -0.1) is 4.48 Å². The maximum absolute atomic E-state index is 15.1. The summed E-state index contributed by atoms with van der Waals surface area (Å²) >= 11 is 0. The minimum Gasteiger partial charge on any atom is -0.393 e. The van der Waals surface area contributed by atoms with Crippen molar-refractivity contribution in [1.82, 2.24) is 5.32 Å². The van der Waals surface area contributed by atoms with Crippen LogP contribution in [0.25, 0.3) is 0 Å². The quantitative estimate of drug-likeness (QED) is 0.332. The zero-order chi connectivity index (χ0) is 14.8. The number of rotatable bonds is 3. The summed E-state index contributed by atoms with van der Waals surface area (Å²) in [6.07, 6.45) is 0.606. The number of nitrogens with one attached hydrogen (secondary N) is 2. The Labute approximate surface area is 114 Å². The minimum atomic E-state index is -2.31. The maximum atomic E-state index is 15.1. The zero-order valence-corrected chi connectivity index (χ0v) is 11.0. The number of amidine groups is 1. The van der Waals surface area contributed by atoms with Gasteiger partial charge < -0.3 is 14.9 Å². The number of carbonyl (C=O) groups excluding carboxylic acids is 1. The van der Waals surface area contributed by atoms with Crippen LogP contribution >= 0.6 is 0 Å². The number of amides is 2. The third-order valence-electron chi connectivity index (χ3n) is 4.44. The van der Waals surface area contributed by atoms with Crippen LogP contribution in [0, 0.1) is 5.41 Å². The van der Waals surface area contributed by atoms with Crippen molar-refractivity contribution in [2.45, 2.75) is 43.5 Å². The molecule has 1 spiro atoms. The number of hydrogen-bond acceptors (Lipinski definition) is 5. The molecule has 5 atom stereocenters. The Morgan fingerprint density at radius 3 is 2.80 bits per heavy atom. The van der Waals surface area contributed by atoms with Gasteiger partial charge in [0.1, 0.15) is 17.6 Å². The van der Waals surface area contributed by atoms with Gasteiger partial charge in [-0.25, -0.2) is 4.79 Å². The second kappa shape index (κ2) is 3.85. The Morgan fingerprint density at radius 1 is 1.65 bits per heavy atom. The fourth-order valence-electron chi connectivity index (χ4n) is 3.34. The van der Waals surface area contributed by atoms with Crippen LogP contribution in [0.1, 0.15) is 19.8 Å². The molecule has 4 N–H and O–H groups in total. The molecule has 3 rings (SSSR count). The first-order chi connectivity index (χ1) is 9.39. The van der Waals surface area contributed by atoms with Crippen molar-refractivity contribution in [2.24, 2.45) is 0 Å². The molecular weight excluding hydrogens is 269 g/mol. The van der Waals surface area contributed by atoms with E-state index in [1.807, 2.05) is 6.92 Å². The fraction of sp³-hybridized carbons (Fsp3) is 0.667. The highest BCUT2D eigenvalue weighted by Gasteiger charge is 2.97. The molecule has 110 valence electrons. The first-order valence-corrected chi connectivity index (χ1v) is 6.52. The lowest BCUT2D eigenvalue weighted by Gasteiger charge is -2.34. The number of nitrogens with zero attached hydrogens (tertiary/aromatic N) is 1. The lowest BCUT2D eigenvalue weighted by molar-refractivity contribution is -0.748. The first kappa shape index (κ1) is 13.6. The molecule has 0 aromatic heterocycles. The van der Waals surface area contributed by atoms with E-state index in [0.29, 0.717) is 12.8 Å². The fourth-order valence-corrected chi connectivity index (χ4v) is 3.34. The van der Waals surface area contributed by atoms with Crippen molar-refractivity contribution in [3.8, 4) is 0 Å². The van der Waals surface area contributed by atoms with E-state index in [2.05, 4.69) is 5.32 Å². The SMILES string of the molecule is CCC[C@]1(CO)O[C@@H]2[C@@](F)([C@@H]1O)[N+]21C=CC(=N)NC1=O. The van der Waals surface area contributed by atoms with Crippen molar-refractivity contribution in [3.05, 3.63) is 12.3 Å². The van der Waals surface area contributed by atoms with Crippen LogP contribution in [-0.2, 0) is 4.74 Å². The summed E-state index contributed by atoms with van der Waals surface area (Å²) in [6.45, 7) is 1.33. The lowest BCUT2D eigenvalue weighted by atomic mass is 9.90. The molecule has 0 bridgehead atoms. The molecule has 7 nitrogen and oxygen atoms in total. The highest BCUT2D eigenvalue weighted by Crippen LogP contribution is 2.64. The third kappa shape index (κ3) is 1.23. The summed E-state index contributed by atoms with van der Waals surface area (Å²) in [5.41, 5.74) is -1.36. The van der Waals surface area contributed by atoms with Crippen LogP contribution in [-0.4, -0.2) is 56.9 Å². The average molecular weight is 286 g/mol. The van der Waals surface area contributed by atoms with Crippen molar-refractivity contribution < 1.29 is 28.6 Å². The van der Waals surface area contributed by atoms with E-state index < -0.39 is 40.8 Å². The van der Waals surface area contributed by atoms with E-state index in [-0.39, 0.29) is 5.84 Å². The number of aliphatic hydroxyl groups excluding tert-OH is 2. The monoisotopic (exact) mass is 286 g/mol. The molecule has 2 fully saturated rings. The number of ether oxygens (including phenoxy) is 1. The van der Waals surface area contributed by atoms with E-state index in [9.17, 15) is 15.0 Å². The Bertz CT molecular complexity index is 527. The van der Waals surface area contributed by atoms with Gasteiger partial charge in [-0.2, -0.15) is 4.39 Å². The molecule has 0 radical (unpaired) electrons. The van der Waals surface area contributed by atoms with Crippen molar-refractivity contribution >= 4 is 11.9 Å². The average Bonchev–Trinajstić information content (AvgIpc) is 2.83. The first-order valence-electron chi connectivity index (χ1n) is 6.52. The van der Waals surface area contributed by atoms with E-state index >= 15 is 4.39 Å². The molecule has 8 heteroatoms. The third-order valence-corrected chi connectivity index (χ3v) is 4.44. The highest BCUT2D eigenvalue weighted by atomic mass is 19.2. The standard InChI is InChI=1S/C12H16FN3O4/c1-2-4-11(6-17)8(18)12(13)9(20-11)16(12)5-3-7(14)15-10(16)19/h3,5,8-9,17-18H,2,4,6H2,1H3,(H-,14,15,19)/p+1/t8-,9-,11-,12-,16?/m1/s1. The van der Waals surface area contributed by atoms with Gasteiger partial charge in [0, 0.05) is 6.08 Å². The highest BCUT2D eigenvalue weighted by molar-refractivity contribution is 6.02. The van der Waals surface area contributed by atoms with Gasteiger partial charge in [0.15, 0.2) is 6.10 Å². The van der Waals surface area contributed by atoms with Crippen LogP contribution in [0.3, 0.4) is 0 Å². The number of carbonyl (C=O) groups is 1. The number of hydrogen-bond donors (Lipinski definition) is 4. The molecule has 3 heterocycles. The molecule has 3 aliphatic rings. The number of quaternary nitrogens is 1. The predicted octanol–water partition coefficient (Wildman–Crippen LogP) is -0.0548. The predicted molar refractivity (Wildman–Crippen MR) is 65.1 cm³/mol. The molecule has 0 aliphatic carbocycles. The second-order valence-electron chi connectivity index (χ2n) is 5.51. The smallest absolute Gasteiger partial charge is 0.393 e. The van der Waals surface area contributed by atoms with Gasteiger partial charge in [-0.05, 0) is 6.42 Å². The molecule has 0 aromatic carbocycles. The van der Waals surface area contributed by atoms with Crippen molar-refractivity contribution in [1.29, 1.82) is 5.41 Å². The molecule has 0 saturated carbocycles. The Balaban J connectivity index is 1.97. The molecule has 3 aliphatic heterocycles. The molecule has 1 unspecified atom stereocenters. The Kier molecular flexibility index (Phi) is 2.62. The van der Waals surface area contributed by atoms with Gasteiger partial charge in [-0.1, -0.05) is 13.3 Å². The molecule has 2 saturated heterocycles. The van der Waals surface area contributed by atoms with E-state index in [1.165, 1.54) is 12.3 Å². The van der Waals surface area contributed by atoms with Crippen LogP contribution in [0.15, 0.2) is 12.3 Å². The second-order valence-corrected chi connectivity index (χ2v) is 5.51. The number of aliphatic hydroxyl groups is 2. The van der Waals surface area contributed by atoms with E-state index in [0.717, 1.165) is 0 Å². The minimum absolute atomic E-state index is 0.135. The number of fused-ring (bicyclic) bond motifs is 3. The van der Waals surface area contributed by atoms with Gasteiger partial charge in [0.05, 0.1) is 6.61 Å². The summed E-state index contributed by atoms with van der Waals surface area (Å²) in [4.78, 5) is 12.0.